The van der Waals surface area contributed by atoms with Crippen molar-refractivity contribution in [2.24, 2.45) is 0 Å². The molecule has 0 N–H and O–H groups in total. The fourth-order valence-electron chi connectivity index (χ4n) is 2.55. The highest BCUT2D eigenvalue weighted by Gasteiger charge is 2.19. The third kappa shape index (κ3) is 3.56. The number of anilines is 1. The van der Waals surface area contributed by atoms with Gasteiger partial charge in [-0.2, -0.15) is 0 Å². The molecule has 7 heteroatoms. The van der Waals surface area contributed by atoms with Gasteiger partial charge in [0.15, 0.2) is 11.6 Å². The topological polar surface area (TPSA) is 77.9 Å². The van der Waals surface area contributed by atoms with Gasteiger partial charge < -0.3 is 23.3 Å². The zero-order chi connectivity index (χ0) is 18.5. The minimum Gasteiger partial charge on any atom is -0.497 e. The Morgan fingerprint density at radius 3 is 2.65 bits per heavy atom. The van der Waals surface area contributed by atoms with E-state index >= 15 is 0 Å². The van der Waals surface area contributed by atoms with Gasteiger partial charge in [-0.15, -0.1) is 0 Å². The molecule has 0 spiro atoms. The first kappa shape index (κ1) is 17.6. The number of rotatable bonds is 7. The van der Waals surface area contributed by atoms with Crippen LogP contribution in [0.3, 0.4) is 0 Å². The largest absolute Gasteiger partial charge is 0.497 e. The molecule has 3 rings (SSSR count). The summed E-state index contributed by atoms with van der Waals surface area (Å²) in [4.78, 5) is 14.3. The van der Waals surface area contributed by atoms with Crippen molar-refractivity contribution in [3.63, 3.8) is 0 Å². The van der Waals surface area contributed by atoms with Gasteiger partial charge in [-0.25, -0.2) is 4.79 Å². The molecular formula is C19H20N2O5. The average molecular weight is 356 g/mol. The fraction of sp³-hybridized carbons (Fsp3) is 0.263. The van der Waals surface area contributed by atoms with E-state index in [4.69, 9.17) is 18.4 Å². The highest BCUT2D eigenvalue weighted by molar-refractivity contribution is 5.89. The summed E-state index contributed by atoms with van der Waals surface area (Å²) >= 11 is 0. The number of methoxy groups -OCH3 is 1. The number of nitrogens with zero attached hydrogens (tertiary/aromatic N) is 2. The summed E-state index contributed by atoms with van der Waals surface area (Å²) in [5.41, 5.74) is 0.594. The monoisotopic (exact) mass is 356 g/mol. The first-order valence-electron chi connectivity index (χ1n) is 8.32. The zero-order valence-corrected chi connectivity index (χ0v) is 14.9. The van der Waals surface area contributed by atoms with Crippen molar-refractivity contribution in [1.29, 1.82) is 0 Å². The van der Waals surface area contributed by atoms with Crippen LogP contribution in [-0.4, -0.2) is 31.3 Å². The lowest BCUT2D eigenvalue weighted by Gasteiger charge is -2.15. The molecule has 2 aromatic heterocycles. The second-order valence-corrected chi connectivity index (χ2v) is 5.45. The Bertz CT molecular complexity index is 866. The molecule has 1 aromatic carbocycles. The van der Waals surface area contributed by atoms with E-state index in [9.17, 15) is 4.79 Å². The summed E-state index contributed by atoms with van der Waals surface area (Å²) in [5, 5.41) is 4.11. The first-order chi connectivity index (χ1) is 12.7. The highest BCUT2D eigenvalue weighted by Crippen LogP contribution is 2.35. The molecule has 0 aliphatic heterocycles. The lowest BCUT2D eigenvalue weighted by Crippen LogP contribution is -2.21. The van der Waals surface area contributed by atoms with Crippen molar-refractivity contribution >= 4 is 11.8 Å². The second-order valence-electron chi connectivity index (χ2n) is 5.45. The number of hydrogen-bond acceptors (Lipinski definition) is 7. The predicted molar refractivity (Wildman–Crippen MR) is 95.7 cm³/mol. The van der Waals surface area contributed by atoms with Crippen molar-refractivity contribution in [2.75, 3.05) is 25.1 Å². The molecule has 0 bridgehead atoms. The van der Waals surface area contributed by atoms with Gasteiger partial charge in [0.2, 0.25) is 5.76 Å². The maximum atomic E-state index is 12.3. The Hall–Kier alpha value is -3.22. The lowest BCUT2D eigenvalue weighted by molar-refractivity contribution is 0.0702. The zero-order valence-electron chi connectivity index (χ0n) is 14.9. The van der Waals surface area contributed by atoms with Gasteiger partial charge in [0.05, 0.1) is 18.9 Å². The summed E-state index contributed by atoms with van der Waals surface area (Å²) < 4.78 is 21.3. The second kappa shape index (κ2) is 7.77. The smallest absolute Gasteiger partial charge is 0.379 e. The molecule has 0 saturated carbocycles. The van der Waals surface area contributed by atoms with Crippen LogP contribution in [0.5, 0.6) is 11.5 Å². The van der Waals surface area contributed by atoms with Crippen LogP contribution in [0.1, 0.15) is 24.4 Å². The summed E-state index contributed by atoms with van der Waals surface area (Å²) in [6.45, 7) is 5.71. The van der Waals surface area contributed by atoms with Crippen molar-refractivity contribution < 1.29 is 23.2 Å². The molecule has 0 radical (unpaired) electrons. The SMILES string of the molecule is CCN(CC)c1cc(-c2ccc(OC)cc2OC(=O)c2ccco2)on1. The molecule has 0 atom stereocenters. The van der Waals surface area contributed by atoms with Gasteiger partial charge in [0.25, 0.3) is 0 Å². The molecule has 26 heavy (non-hydrogen) atoms. The number of esters is 1. The molecule has 0 aliphatic rings. The Morgan fingerprint density at radius 2 is 2.00 bits per heavy atom. The number of ether oxygens (including phenoxy) is 2. The van der Waals surface area contributed by atoms with Crippen LogP contribution in [-0.2, 0) is 0 Å². The van der Waals surface area contributed by atoms with Crippen LogP contribution in [0.25, 0.3) is 11.3 Å². The number of carbonyl (C=O) groups is 1. The van der Waals surface area contributed by atoms with E-state index in [0.29, 0.717) is 22.8 Å². The molecule has 0 amide bonds. The molecule has 0 aliphatic carbocycles. The van der Waals surface area contributed by atoms with E-state index in [0.717, 1.165) is 18.9 Å². The van der Waals surface area contributed by atoms with Crippen molar-refractivity contribution in [2.45, 2.75) is 13.8 Å². The predicted octanol–water partition coefficient (Wildman–Crippen LogP) is 4.01. The van der Waals surface area contributed by atoms with E-state index in [1.807, 2.05) is 19.9 Å². The lowest BCUT2D eigenvalue weighted by atomic mass is 10.1. The minimum atomic E-state index is -0.604. The van der Waals surface area contributed by atoms with Gasteiger partial charge in [-0.3, -0.25) is 0 Å². The molecule has 0 unspecified atom stereocenters. The van der Waals surface area contributed by atoms with Crippen LogP contribution in [0.15, 0.2) is 51.6 Å². The maximum Gasteiger partial charge on any atom is 0.379 e. The minimum absolute atomic E-state index is 0.111. The Labute approximate surface area is 151 Å². The molecule has 2 heterocycles. The van der Waals surface area contributed by atoms with Crippen LogP contribution >= 0.6 is 0 Å². The van der Waals surface area contributed by atoms with Gasteiger partial charge >= 0.3 is 5.97 Å². The first-order valence-corrected chi connectivity index (χ1v) is 8.32. The molecular weight excluding hydrogens is 336 g/mol. The van der Waals surface area contributed by atoms with Crippen molar-refractivity contribution in [3.8, 4) is 22.8 Å². The van der Waals surface area contributed by atoms with Gasteiger partial charge in [-0.1, -0.05) is 5.16 Å². The van der Waals surface area contributed by atoms with Crippen LogP contribution in [0, 0.1) is 0 Å². The van der Waals surface area contributed by atoms with E-state index in [1.54, 1.807) is 31.4 Å². The normalized spacial score (nSPS) is 10.6. The third-order valence-electron chi connectivity index (χ3n) is 3.96. The summed E-state index contributed by atoms with van der Waals surface area (Å²) in [5.74, 6) is 1.58. The highest BCUT2D eigenvalue weighted by atomic mass is 16.5. The summed E-state index contributed by atoms with van der Waals surface area (Å²) in [6, 6.07) is 10.1. The van der Waals surface area contributed by atoms with Crippen molar-refractivity contribution in [3.05, 3.63) is 48.4 Å². The Kier molecular flexibility index (Phi) is 5.26. The quantitative estimate of drug-likeness (QED) is 0.467. The van der Waals surface area contributed by atoms with E-state index in [2.05, 4.69) is 10.1 Å². The summed E-state index contributed by atoms with van der Waals surface area (Å²) in [7, 11) is 1.54. The molecule has 136 valence electrons. The van der Waals surface area contributed by atoms with Gasteiger partial charge in [0, 0.05) is 25.2 Å². The number of carbonyl (C=O) groups excluding carboxylic acids is 1. The van der Waals surface area contributed by atoms with Gasteiger partial charge in [0.1, 0.15) is 11.5 Å². The summed E-state index contributed by atoms with van der Waals surface area (Å²) in [6.07, 6.45) is 1.41. The number of aromatic nitrogens is 1. The van der Waals surface area contributed by atoms with Crippen LogP contribution in [0.4, 0.5) is 5.82 Å². The standard InChI is InChI=1S/C19H20N2O5/c1-4-21(5-2)18-12-17(26-20-18)14-9-8-13(23-3)11-16(14)25-19(22)15-7-6-10-24-15/h6-12H,4-5H2,1-3H3. The number of hydrogen-bond donors (Lipinski definition) is 0. The molecule has 0 saturated heterocycles. The van der Waals surface area contributed by atoms with Gasteiger partial charge in [-0.05, 0) is 38.1 Å². The molecule has 7 nitrogen and oxygen atoms in total. The van der Waals surface area contributed by atoms with E-state index in [1.165, 1.54) is 12.3 Å². The van der Waals surface area contributed by atoms with E-state index in [-0.39, 0.29) is 5.76 Å². The third-order valence-corrected chi connectivity index (χ3v) is 3.96. The number of benzene rings is 1. The fourth-order valence-corrected chi connectivity index (χ4v) is 2.55. The maximum absolute atomic E-state index is 12.3. The average Bonchev–Trinajstić information content (AvgIpc) is 3.35. The Balaban J connectivity index is 1.95. The molecule has 3 aromatic rings. The van der Waals surface area contributed by atoms with Crippen LogP contribution < -0.4 is 14.4 Å². The molecule has 0 fully saturated rings. The van der Waals surface area contributed by atoms with E-state index < -0.39 is 5.97 Å². The van der Waals surface area contributed by atoms with Crippen LogP contribution in [0.2, 0.25) is 0 Å². The number of furan rings is 1. The van der Waals surface area contributed by atoms with Crippen molar-refractivity contribution in [1.82, 2.24) is 5.16 Å². The Morgan fingerprint density at radius 1 is 1.19 bits per heavy atom.